The smallest absolute Gasteiger partial charge is 0.252 e. The summed E-state index contributed by atoms with van der Waals surface area (Å²) in [6.07, 6.45) is 3.35. The van der Waals surface area contributed by atoms with E-state index in [-0.39, 0.29) is 11.8 Å². The quantitative estimate of drug-likeness (QED) is 0.432. The third kappa shape index (κ3) is 5.18. The number of benzene rings is 2. The van der Waals surface area contributed by atoms with Crippen molar-refractivity contribution in [2.24, 2.45) is 5.92 Å². The Bertz CT molecular complexity index is 1160. The zero-order valence-electron chi connectivity index (χ0n) is 17.9. The first-order valence-corrected chi connectivity index (χ1v) is 10.4. The predicted octanol–water partition coefficient (Wildman–Crippen LogP) is 4.84. The Morgan fingerprint density at radius 3 is 2.66 bits per heavy atom. The molecule has 7 heteroatoms. The second kappa shape index (κ2) is 9.87. The van der Waals surface area contributed by atoms with Crippen LogP contribution in [0.15, 0.2) is 83.6 Å². The van der Waals surface area contributed by atoms with Gasteiger partial charge in [0.2, 0.25) is 11.7 Å². The normalized spacial score (nSPS) is 11.8. The Kier molecular flexibility index (Phi) is 6.55. The topological polar surface area (TPSA) is 90.1 Å². The zero-order chi connectivity index (χ0) is 22.3. The monoisotopic (exact) mass is 428 g/mol. The first-order chi connectivity index (χ1) is 15.6. The number of carbonyl (C=O) groups excluding carboxylic acids is 1. The van der Waals surface area contributed by atoms with Gasteiger partial charge in [0.25, 0.3) is 5.91 Å². The Balaban J connectivity index is 1.46. The molecule has 0 bridgehead atoms. The average Bonchev–Trinajstić information content (AvgIpc) is 3.32. The van der Waals surface area contributed by atoms with Gasteiger partial charge in [0.05, 0.1) is 0 Å². The summed E-state index contributed by atoms with van der Waals surface area (Å²) in [6.45, 7) is 4.40. The summed E-state index contributed by atoms with van der Waals surface area (Å²) in [4.78, 5) is 21.5. The molecule has 4 aromatic rings. The highest BCUT2D eigenvalue weighted by Gasteiger charge is 2.25. The maximum atomic E-state index is 13.0. The largest absolute Gasteiger partial charge is 0.489 e. The zero-order valence-corrected chi connectivity index (χ0v) is 17.9. The van der Waals surface area contributed by atoms with E-state index < -0.39 is 6.04 Å². The van der Waals surface area contributed by atoms with Crippen molar-refractivity contribution in [3.63, 3.8) is 0 Å². The highest BCUT2D eigenvalue weighted by atomic mass is 16.5. The summed E-state index contributed by atoms with van der Waals surface area (Å²) < 4.78 is 11.3. The van der Waals surface area contributed by atoms with Crippen molar-refractivity contribution in [3.05, 3.63) is 96.1 Å². The molecule has 2 aromatic heterocycles. The summed E-state index contributed by atoms with van der Waals surface area (Å²) in [7, 11) is 0. The molecule has 0 saturated heterocycles. The number of hydrogen-bond acceptors (Lipinski definition) is 6. The second-order valence-electron chi connectivity index (χ2n) is 7.70. The summed E-state index contributed by atoms with van der Waals surface area (Å²) in [5.74, 6) is 1.21. The van der Waals surface area contributed by atoms with Gasteiger partial charge in [0, 0.05) is 23.5 Å². The fourth-order valence-electron chi connectivity index (χ4n) is 3.18. The summed E-state index contributed by atoms with van der Waals surface area (Å²) >= 11 is 0. The van der Waals surface area contributed by atoms with Gasteiger partial charge in [-0.05, 0) is 41.8 Å². The van der Waals surface area contributed by atoms with Crippen molar-refractivity contribution in [1.29, 1.82) is 0 Å². The number of nitrogens with one attached hydrogen (secondary N) is 1. The molecule has 32 heavy (non-hydrogen) atoms. The number of aromatic nitrogens is 3. The molecule has 0 radical (unpaired) electrons. The fourth-order valence-corrected chi connectivity index (χ4v) is 3.18. The first-order valence-electron chi connectivity index (χ1n) is 10.4. The first kappa shape index (κ1) is 21.2. The molecule has 0 aliphatic heterocycles. The molecule has 2 heterocycles. The van der Waals surface area contributed by atoms with Crippen LogP contribution in [0.1, 0.15) is 41.7 Å². The fraction of sp³-hybridized carbons (Fsp3) is 0.200. The van der Waals surface area contributed by atoms with Crippen LogP contribution in [0.4, 0.5) is 0 Å². The van der Waals surface area contributed by atoms with E-state index in [4.69, 9.17) is 9.26 Å². The summed E-state index contributed by atoms with van der Waals surface area (Å²) in [5.41, 5.74) is 2.30. The van der Waals surface area contributed by atoms with Gasteiger partial charge in [-0.25, -0.2) is 0 Å². The van der Waals surface area contributed by atoms with Crippen LogP contribution in [-0.4, -0.2) is 21.0 Å². The molecule has 0 fully saturated rings. The van der Waals surface area contributed by atoms with Crippen LogP contribution in [0.5, 0.6) is 5.75 Å². The summed E-state index contributed by atoms with van der Waals surface area (Å²) in [5, 5.41) is 7.05. The Hall–Kier alpha value is -4.00. The lowest BCUT2D eigenvalue weighted by Gasteiger charge is -2.18. The molecule has 1 amide bonds. The highest BCUT2D eigenvalue weighted by molar-refractivity contribution is 5.94. The van der Waals surface area contributed by atoms with E-state index in [2.05, 4.69) is 20.4 Å². The van der Waals surface area contributed by atoms with Gasteiger partial charge in [-0.3, -0.25) is 9.78 Å². The molecule has 1 atom stereocenters. The highest BCUT2D eigenvalue weighted by Crippen LogP contribution is 2.24. The van der Waals surface area contributed by atoms with Gasteiger partial charge in [-0.2, -0.15) is 4.98 Å². The van der Waals surface area contributed by atoms with Crippen molar-refractivity contribution >= 4 is 5.91 Å². The van der Waals surface area contributed by atoms with Gasteiger partial charge >= 0.3 is 0 Å². The predicted molar refractivity (Wildman–Crippen MR) is 120 cm³/mol. The number of pyridine rings is 1. The minimum Gasteiger partial charge on any atom is -0.489 e. The van der Waals surface area contributed by atoms with E-state index in [1.807, 2.05) is 56.3 Å². The number of ether oxygens (including phenoxy) is 1. The molecule has 4 rings (SSSR count). The van der Waals surface area contributed by atoms with Crippen molar-refractivity contribution < 1.29 is 14.1 Å². The van der Waals surface area contributed by atoms with Crippen molar-refractivity contribution in [1.82, 2.24) is 20.4 Å². The Labute approximate surface area is 186 Å². The molecule has 0 saturated carbocycles. The molecule has 2 aromatic carbocycles. The average molecular weight is 428 g/mol. The minimum atomic E-state index is -0.436. The maximum absolute atomic E-state index is 13.0. The van der Waals surface area contributed by atoms with Gasteiger partial charge in [0.15, 0.2) is 0 Å². The Morgan fingerprint density at radius 2 is 1.91 bits per heavy atom. The molecule has 0 spiro atoms. The molecular formula is C25H24N4O3. The number of carbonyl (C=O) groups is 1. The van der Waals surface area contributed by atoms with Crippen molar-refractivity contribution in [2.45, 2.75) is 26.5 Å². The van der Waals surface area contributed by atoms with Crippen LogP contribution in [0.25, 0.3) is 11.4 Å². The van der Waals surface area contributed by atoms with Gasteiger partial charge in [-0.15, -0.1) is 0 Å². The third-order valence-corrected chi connectivity index (χ3v) is 4.93. The van der Waals surface area contributed by atoms with E-state index in [1.54, 1.807) is 36.7 Å². The van der Waals surface area contributed by atoms with E-state index in [0.717, 1.165) is 11.1 Å². The van der Waals surface area contributed by atoms with E-state index >= 15 is 0 Å². The second-order valence-corrected chi connectivity index (χ2v) is 7.70. The van der Waals surface area contributed by atoms with Crippen LogP contribution in [0.3, 0.4) is 0 Å². The molecule has 1 N–H and O–H groups in total. The minimum absolute atomic E-state index is 0.0404. The number of nitrogens with zero attached hydrogens (tertiary/aromatic N) is 3. The standard InChI is InChI=1S/C25H24N4O3/c1-17(2)22(25-28-23(29-32-25)20-11-7-13-26-15-20)27-24(30)19-10-6-12-21(14-19)31-16-18-8-4-3-5-9-18/h3-15,17,22H,16H2,1-2H3,(H,27,30). The van der Waals surface area contributed by atoms with Gasteiger partial charge < -0.3 is 14.6 Å². The van der Waals surface area contributed by atoms with E-state index in [0.29, 0.717) is 29.6 Å². The number of amides is 1. The van der Waals surface area contributed by atoms with Crippen LogP contribution >= 0.6 is 0 Å². The van der Waals surface area contributed by atoms with Gasteiger partial charge in [0.1, 0.15) is 18.4 Å². The number of hydrogen-bond donors (Lipinski definition) is 1. The molecular weight excluding hydrogens is 404 g/mol. The SMILES string of the molecule is CC(C)C(NC(=O)c1cccc(OCc2ccccc2)c1)c1nc(-c2cccnc2)no1. The lowest BCUT2D eigenvalue weighted by molar-refractivity contribution is 0.0913. The van der Waals surface area contributed by atoms with Crippen molar-refractivity contribution in [3.8, 4) is 17.1 Å². The van der Waals surface area contributed by atoms with Crippen LogP contribution in [-0.2, 0) is 6.61 Å². The van der Waals surface area contributed by atoms with Crippen LogP contribution in [0.2, 0.25) is 0 Å². The lowest BCUT2D eigenvalue weighted by atomic mass is 10.0. The third-order valence-electron chi connectivity index (χ3n) is 4.93. The van der Waals surface area contributed by atoms with E-state index in [1.165, 1.54) is 0 Å². The maximum Gasteiger partial charge on any atom is 0.252 e. The molecule has 0 aliphatic rings. The van der Waals surface area contributed by atoms with Gasteiger partial charge in [-0.1, -0.05) is 55.4 Å². The molecule has 0 aliphatic carbocycles. The molecule has 162 valence electrons. The summed E-state index contributed by atoms with van der Waals surface area (Å²) in [6, 6.07) is 20.2. The Morgan fingerprint density at radius 1 is 1.06 bits per heavy atom. The van der Waals surface area contributed by atoms with E-state index in [9.17, 15) is 4.79 Å². The van der Waals surface area contributed by atoms with Crippen molar-refractivity contribution in [2.75, 3.05) is 0 Å². The van der Waals surface area contributed by atoms with Crippen LogP contribution in [0, 0.1) is 5.92 Å². The van der Waals surface area contributed by atoms with Crippen LogP contribution < -0.4 is 10.1 Å². The molecule has 1 unspecified atom stereocenters. The molecule has 7 nitrogen and oxygen atoms in total. The number of rotatable bonds is 8. The lowest BCUT2D eigenvalue weighted by Crippen LogP contribution is -2.32.